The Balaban J connectivity index is 1.58. The van der Waals surface area contributed by atoms with Crippen LogP contribution in [0.5, 0.6) is 0 Å². The Morgan fingerprint density at radius 3 is 2.61 bits per heavy atom. The zero-order chi connectivity index (χ0) is 21.8. The minimum Gasteiger partial charge on any atom is -0.369 e. The number of rotatable bonds is 7. The number of nitrogens with one attached hydrogen (secondary N) is 2. The number of benzene rings is 1. The average Bonchev–Trinajstić information content (AvgIpc) is 3.29. The maximum absolute atomic E-state index is 10.8. The Kier molecular flexibility index (Phi) is 6.11. The fourth-order valence-corrected chi connectivity index (χ4v) is 3.46. The van der Waals surface area contributed by atoms with Crippen molar-refractivity contribution in [3.8, 4) is 22.5 Å². The van der Waals surface area contributed by atoms with E-state index in [2.05, 4.69) is 20.3 Å². The molecule has 1 radical (unpaired) electrons. The molecule has 155 valence electrons. The Morgan fingerprint density at radius 1 is 1.10 bits per heavy atom. The Labute approximate surface area is 187 Å². The highest BCUT2D eigenvalue weighted by atomic mass is 35.5. The van der Waals surface area contributed by atoms with Crippen molar-refractivity contribution in [2.24, 2.45) is 0 Å². The molecule has 0 aliphatic carbocycles. The molecule has 3 heterocycles. The molecule has 0 aliphatic heterocycles. The molecule has 0 fully saturated rings. The van der Waals surface area contributed by atoms with E-state index in [4.69, 9.17) is 28.2 Å². The minimum atomic E-state index is -0.489. The van der Waals surface area contributed by atoms with Crippen molar-refractivity contribution in [3.05, 3.63) is 93.5 Å². The molecule has 8 nitrogen and oxygen atoms in total. The number of anilines is 1. The van der Waals surface area contributed by atoms with Crippen LogP contribution in [0.3, 0.4) is 0 Å². The van der Waals surface area contributed by atoms with Gasteiger partial charge in [0.05, 0.1) is 39.6 Å². The van der Waals surface area contributed by atoms with E-state index in [0.717, 1.165) is 16.8 Å². The minimum absolute atomic E-state index is 0.0646. The van der Waals surface area contributed by atoms with Crippen LogP contribution in [0.25, 0.3) is 22.5 Å². The molecule has 4 rings (SSSR count). The molecule has 3 aromatic heterocycles. The molecule has 10 heteroatoms. The van der Waals surface area contributed by atoms with Gasteiger partial charge in [-0.3, -0.25) is 15.1 Å². The lowest BCUT2D eigenvalue weighted by Crippen LogP contribution is -2.07. The zero-order valence-electron chi connectivity index (χ0n) is 15.9. The summed E-state index contributed by atoms with van der Waals surface area (Å²) >= 11 is 12.4. The molecule has 1 aromatic carbocycles. The van der Waals surface area contributed by atoms with Gasteiger partial charge in [-0.2, -0.15) is 0 Å². The number of H-pyrrole nitrogens is 1. The lowest BCUT2D eigenvalue weighted by atomic mass is 10.0. The summed E-state index contributed by atoms with van der Waals surface area (Å²) in [6, 6.07) is 12.0. The summed E-state index contributed by atoms with van der Waals surface area (Å²) in [5.41, 5.74) is 3.80. The van der Waals surface area contributed by atoms with Crippen LogP contribution in [0.4, 0.5) is 11.5 Å². The summed E-state index contributed by atoms with van der Waals surface area (Å²) in [7, 11) is 0. The molecule has 0 saturated heterocycles. The summed E-state index contributed by atoms with van der Waals surface area (Å²) in [6.07, 6.45) is 6.42. The molecule has 0 spiro atoms. The molecule has 0 aliphatic rings. The first kappa shape index (κ1) is 20.8. The molecular weight excluding hydrogens is 439 g/mol. The van der Waals surface area contributed by atoms with Crippen LogP contribution in [-0.4, -0.2) is 31.4 Å². The molecule has 0 bridgehead atoms. The Morgan fingerprint density at radius 2 is 1.94 bits per heavy atom. The second-order valence-electron chi connectivity index (χ2n) is 6.46. The van der Waals surface area contributed by atoms with E-state index in [1.165, 1.54) is 12.3 Å². The second-order valence-corrected chi connectivity index (χ2v) is 7.31. The first-order chi connectivity index (χ1) is 15.0. The van der Waals surface area contributed by atoms with Crippen LogP contribution in [-0.2, 0) is 0 Å². The molecular formula is C21H15Cl2N6O2. The van der Waals surface area contributed by atoms with Gasteiger partial charge in [-0.1, -0.05) is 23.2 Å². The zero-order valence-corrected chi connectivity index (χ0v) is 17.4. The van der Waals surface area contributed by atoms with Gasteiger partial charge in [-0.25, -0.2) is 9.97 Å². The Hall–Kier alpha value is -3.49. The standard InChI is InChI=1S/C21H15Cl2N6O2/c22-13-1-3-15(17(23)9-13)18-5-4-16(20-11-24-12-27-20)19(28-18)7-8-25-21-6-2-14(10-26-21)29(30)31/h1-7,9-12H,8H2,(H,24,27)(H,25,26). The fourth-order valence-electron chi connectivity index (χ4n) is 2.96. The molecule has 0 atom stereocenters. The summed E-state index contributed by atoms with van der Waals surface area (Å²) in [5.74, 6) is 0.516. The van der Waals surface area contributed by atoms with Crippen LogP contribution in [0, 0.1) is 16.5 Å². The van der Waals surface area contributed by atoms with Crippen LogP contribution in [0.1, 0.15) is 5.69 Å². The highest BCUT2D eigenvalue weighted by molar-refractivity contribution is 6.36. The third kappa shape index (κ3) is 4.82. The number of aromatic nitrogens is 4. The van der Waals surface area contributed by atoms with Gasteiger partial charge in [0.15, 0.2) is 0 Å². The summed E-state index contributed by atoms with van der Waals surface area (Å²) in [6.45, 7) is 0.400. The van der Waals surface area contributed by atoms with Crippen molar-refractivity contribution in [2.75, 3.05) is 11.9 Å². The predicted molar refractivity (Wildman–Crippen MR) is 120 cm³/mol. The van der Waals surface area contributed by atoms with Gasteiger partial charge in [-0.05, 0) is 36.4 Å². The van der Waals surface area contributed by atoms with E-state index in [-0.39, 0.29) is 5.69 Å². The van der Waals surface area contributed by atoms with Crippen LogP contribution in [0.2, 0.25) is 10.0 Å². The van der Waals surface area contributed by atoms with E-state index in [9.17, 15) is 10.1 Å². The van der Waals surface area contributed by atoms with Crippen LogP contribution in [0.15, 0.2) is 61.2 Å². The second kappa shape index (κ2) is 9.11. The summed E-state index contributed by atoms with van der Waals surface area (Å²) < 4.78 is 0. The smallest absolute Gasteiger partial charge is 0.287 e. The normalized spacial score (nSPS) is 10.8. The molecule has 31 heavy (non-hydrogen) atoms. The van der Waals surface area contributed by atoms with Crippen molar-refractivity contribution in [2.45, 2.75) is 0 Å². The lowest BCUT2D eigenvalue weighted by Gasteiger charge is -2.12. The van der Waals surface area contributed by atoms with Gasteiger partial charge >= 0.3 is 0 Å². The maximum atomic E-state index is 10.8. The molecule has 4 aromatic rings. The number of nitrogens with zero attached hydrogens (tertiary/aromatic N) is 4. The highest BCUT2D eigenvalue weighted by Crippen LogP contribution is 2.31. The first-order valence-corrected chi connectivity index (χ1v) is 9.89. The van der Waals surface area contributed by atoms with Crippen molar-refractivity contribution in [1.82, 2.24) is 19.9 Å². The largest absolute Gasteiger partial charge is 0.369 e. The Bertz CT molecular complexity index is 1210. The molecule has 0 saturated carbocycles. The van der Waals surface area contributed by atoms with E-state index in [1.807, 2.05) is 24.6 Å². The van der Waals surface area contributed by atoms with Gasteiger partial charge in [0.1, 0.15) is 12.0 Å². The topological polar surface area (TPSA) is 110 Å². The first-order valence-electron chi connectivity index (χ1n) is 9.14. The monoisotopic (exact) mass is 453 g/mol. The van der Waals surface area contributed by atoms with Gasteiger partial charge in [0.2, 0.25) is 0 Å². The number of imidazole rings is 1. The van der Waals surface area contributed by atoms with E-state index in [1.54, 1.807) is 30.7 Å². The van der Waals surface area contributed by atoms with Crippen molar-refractivity contribution in [3.63, 3.8) is 0 Å². The van der Waals surface area contributed by atoms with Crippen LogP contribution < -0.4 is 5.32 Å². The summed E-state index contributed by atoms with van der Waals surface area (Å²) in [5, 5.41) is 14.9. The number of aromatic amines is 1. The van der Waals surface area contributed by atoms with Gasteiger partial charge in [0, 0.05) is 35.2 Å². The van der Waals surface area contributed by atoms with Crippen molar-refractivity contribution in [1.29, 1.82) is 0 Å². The number of halogens is 2. The van der Waals surface area contributed by atoms with Crippen LogP contribution >= 0.6 is 23.2 Å². The average molecular weight is 454 g/mol. The number of nitro groups is 1. The van der Waals surface area contributed by atoms with Gasteiger partial charge in [-0.15, -0.1) is 0 Å². The maximum Gasteiger partial charge on any atom is 0.287 e. The van der Waals surface area contributed by atoms with Crippen molar-refractivity contribution >= 4 is 34.7 Å². The quantitative estimate of drug-likeness (QED) is 0.285. The van der Waals surface area contributed by atoms with E-state index in [0.29, 0.717) is 33.8 Å². The third-order valence-electron chi connectivity index (χ3n) is 4.46. The SMILES string of the molecule is O=[N+]([O-])c1ccc(NC[CH]c2nc(-c3ccc(Cl)cc3Cl)ccc2-c2cnc[nH]2)nc1. The third-order valence-corrected chi connectivity index (χ3v) is 5.01. The van der Waals surface area contributed by atoms with E-state index < -0.39 is 4.92 Å². The fraction of sp³-hybridized carbons (Fsp3) is 0.0476. The number of hydrogen-bond donors (Lipinski definition) is 2. The predicted octanol–water partition coefficient (Wildman–Crippen LogP) is 5.41. The number of pyridine rings is 2. The van der Waals surface area contributed by atoms with E-state index >= 15 is 0 Å². The lowest BCUT2D eigenvalue weighted by molar-refractivity contribution is -0.385. The highest BCUT2D eigenvalue weighted by Gasteiger charge is 2.13. The van der Waals surface area contributed by atoms with Crippen molar-refractivity contribution < 1.29 is 4.92 Å². The molecule has 0 amide bonds. The molecule has 0 unspecified atom stereocenters. The van der Waals surface area contributed by atoms with Gasteiger partial charge in [0.25, 0.3) is 5.69 Å². The molecule has 2 N–H and O–H groups in total. The summed E-state index contributed by atoms with van der Waals surface area (Å²) in [4.78, 5) is 26.3. The van der Waals surface area contributed by atoms with Gasteiger partial charge < -0.3 is 10.3 Å². The number of hydrogen-bond acceptors (Lipinski definition) is 6.